The van der Waals surface area contributed by atoms with Crippen LogP contribution in [0.15, 0.2) is 66.7 Å². The molecule has 0 saturated heterocycles. The first-order valence-corrected chi connectivity index (χ1v) is 8.40. The van der Waals surface area contributed by atoms with Crippen molar-refractivity contribution in [3.63, 3.8) is 0 Å². The van der Waals surface area contributed by atoms with Crippen molar-refractivity contribution in [3.05, 3.63) is 94.5 Å². The summed E-state index contributed by atoms with van der Waals surface area (Å²) in [5.74, 6) is -0.130. The van der Waals surface area contributed by atoms with Crippen molar-refractivity contribution in [2.24, 2.45) is 0 Å². The lowest BCUT2D eigenvalue weighted by molar-refractivity contribution is -0.166. The molecular weight excluding hydrogens is 353 g/mol. The Kier molecular flexibility index (Phi) is 4.64. The fourth-order valence-electron chi connectivity index (χ4n) is 3.56. The van der Waals surface area contributed by atoms with Crippen molar-refractivity contribution in [2.45, 2.75) is 25.4 Å². The molecule has 0 heterocycles. The van der Waals surface area contributed by atoms with Crippen molar-refractivity contribution in [1.29, 1.82) is 0 Å². The van der Waals surface area contributed by atoms with Gasteiger partial charge in [-0.3, -0.25) is 0 Å². The van der Waals surface area contributed by atoms with Crippen molar-refractivity contribution < 1.29 is 23.4 Å². The Bertz CT molecular complexity index is 925. The molecule has 0 aliphatic rings. The Labute approximate surface area is 155 Å². The molecule has 3 aromatic rings. The fourth-order valence-corrected chi connectivity index (χ4v) is 3.56. The predicted octanol–water partition coefficient (Wildman–Crippen LogP) is 5.61. The average Bonchev–Trinajstić information content (AvgIpc) is 2.61. The first-order valence-electron chi connectivity index (χ1n) is 8.40. The summed E-state index contributed by atoms with van der Waals surface area (Å²) in [5.41, 5.74) is -1.64. The number of aryl methyl sites for hydroxylation is 2. The monoisotopic (exact) mass is 372 g/mol. The number of phenolic OH excluding ortho intramolecular Hbond substituents is 2. The molecule has 2 nitrogen and oxygen atoms in total. The van der Waals surface area contributed by atoms with E-state index < -0.39 is 11.6 Å². The number of aromatic hydroxyl groups is 2. The second-order valence-corrected chi connectivity index (χ2v) is 6.62. The largest absolute Gasteiger partial charge is 0.508 e. The highest BCUT2D eigenvalue weighted by Gasteiger charge is 2.58. The van der Waals surface area contributed by atoms with Crippen LogP contribution in [-0.4, -0.2) is 16.4 Å². The minimum absolute atomic E-state index is 0.0107. The van der Waals surface area contributed by atoms with Crippen LogP contribution in [0.4, 0.5) is 13.2 Å². The van der Waals surface area contributed by atoms with Gasteiger partial charge in [-0.15, -0.1) is 0 Å². The number of alkyl halides is 3. The molecule has 27 heavy (non-hydrogen) atoms. The summed E-state index contributed by atoms with van der Waals surface area (Å²) >= 11 is 0. The molecule has 0 bridgehead atoms. The normalized spacial score (nSPS) is 14.0. The standard InChI is InChI=1S/C22H19F3O2/c1-14-12-18(13-15(2)20(14)27)21(22(23,24)25,16-6-4-3-5-7-16)17-8-10-19(26)11-9-17/h3-13,26-27H,1-2H3. The van der Waals surface area contributed by atoms with E-state index in [-0.39, 0.29) is 28.2 Å². The van der Waals surface area contributed by atoms with E-state index in [9.17, 15) is 23.4 Å². The lowest BCUT2D eigenvalue weighted by Gasteiger charge is -2.38. The van der Waals surface area contributed by atoms with Crippen molar-refractivity contribution in [1.82, 2.24) is 0 Å². The third kappa shape index (κ3) is 3.03. The Balaban J connectivity index is 2.47. The molecule has 3 rings (SSSR count). The second-order valence-electron chi connectivity index (χ2n) is 6.62. The van der Waals surface area contributed by atoms with E-state index in [1.54, 1.807) is 32.0 Å². The summed E-state index contributed by atoms with van der Waals surface area (Å²) in [5, 5.41) is 19.6. The molecule has 0 amide bonds. The van der Waals surface area contributed by atoms with Crippen LogP contribution in [-0.2, 0) is 5.41 Å². The predicted molar refractivity (Wildman–Crippen MR) is 98.1 cm³/mol. The van der Waals surface area contributed by atoms with Gasteiger partial charge in [-0.2, -0.15) is 13.2 Å². The van der Waals surface area contributed by atoms with Crippen LogP contribution >= 0.6 is 0 Å². The smallest absolute Gasteiger partial charge is 0.406 e. The maximum Gasteiger partial charge on any atom is 0.406 e. The molecule has 1 atom stereocenters. The highest BCUT2D eigenvalue weighted by Crippen LogP contribution is 2.52. The molecule has 0 aromatic heterocycles. The van der Waals surface area contributed by atoms with Crippen LogP contribution in [0.2, 0.25) is 0 Å². The van der Waals surface area contributed by atoms with Crippen LogP contribution in [0.25, 0.3) is 0 Å². The lowest BCUT2D eigenvalue weighted by Crippen LogP contribution is -2.44. The SMILES string of the molecule is Cc1cc(C(c2ccccc2)(c2ccc(O)cc2)C(F)(F)F)cc(C)c1O. The van der Waals surface area contributed by atoms with Crippen LogP contribution in [0.3, 0.4) is 0 Å². The van der Waals surface area contributed by atoms with Gasteiger partial charge < -0.3 is 10.2 Å². The molecule has 3 aromatic carbocycles. The first-order chi connectivity index (χ1) is 12.7. The summed E-state index contributed by atoms with van der Waals surface area (Å²) in [7, 11) is 0. The van der Waals surface area contributed by atoms with Gasteiger partial charge in [-0.1, -0.05) is 54.6 Å². The molecule has 1 unspecified atom stereocenters. The summed E-state index contributed by atoms with van der Waals surface area (Å²) in [6.45, 7) is 3.16. The number of phenols is 2. The van der Waals surface area contributed by atoms with E-state index in [0.717, 1.165) is 0 Å². The van der Waals surface area contributed by atoms with E-state index in [1.165, 1.54) is 48.5 Å². The summed E-state index contributed by atoms with van der Waals surface area (Å²) in [6.07, 6.45) is -4.67. The quantitative estimate of drug-likeness (QED) is 0.587. The van der Waals surface area contributed by atoms with Crippen LogP contribution in [0.5, 0.6) is 11.5 Å². The number of halogens is 3. The molecule has 0 aliphatic carbocycles. The summed E-state index contributed by atoms with van der Waals surface area (Å²) < 4.78 is 44.3. The Morgan fingerprint density at radius 1 is 0.667 bits per heavy atom. The zero-order valence-electron chi connectivity index (χ0n) is 14.9. The molecule has 0 radical (unpaired) electrons. The van der Waals surface area contributed by atoms with Gasteiger partial charge in [0.2, 0.25) is 0 Å². The third-order valence-corrected chi connectivity index (χ3v) is 4.86. The van der Waals surface area contributed by atoms with E-state index in [4.69, 9.17) is 0 Å². The van der Waals surface area contributed by atoms with Crippen molar-refractivity contribution >= 4 is 0 Å². The highest BCUT2D eigenvalue weighted by atomic mass is 19.4. The van der Waals surface area contributed by atoms with Crippen LogP contribution < -0.4 is 0 Å². The molecule has 140 valence electrons. The number of rotatable bonds is 3. The molecule has 0 aliphatic heterocycles. The number of hydrogen-bond acceptors (Lipinski definition) is 2. The van der Waals surface area contributed by atoms with E-state index in [1.807, 2.05) is 0 Å². The van der Waals surface area contributed by atoms with E-state index >= 15 is 0 Å². The molecule has 0 spiro atoms. The molecule has 0 saturated carbocycles. The average molecular weight is 372 g/mol. The molecule has 2 N–H and O–H groups in total. The van der Waals surface area contributed by atoms with Crippen LogP contribution in [0, 0.1) is 13.8 Å². The highest BCUT2D eigenvalue weighted by molar-refractivity contribution is 5.56. The maximum absolute atomic E-state index is 14.8. The van der Waals surface area contributed by atoms with Gasteiger partial charge in [0.05, 0.1) is 0 Å². The summed E-state index contributed by atoms with van der Waals surface area (Å²) in [4.78, 5) is 0. The number of hydrogen-bond donors (Lipinski definition) is 2. The second kappa shape index (κ2) is 6.65. The van der Waals surface area contributed by atoms with Gasteiger partial charge in [0.1, 0.15) is 16.9 Å². The fraction of sp³-hybridized carbons (Fsp3) is 0.182. The minimum atomic E-state index is -4.67. The van der Waals surface area contributed by atoms with E-state index in [0.29, 0.717) is 11.1 Å². The Morgan fingerprint density at radius 3 is 1.63 bits per heavy atom. The van der Waals surface area contributed by atoms with Gasteiger partial charge in [0.25, 0.3) is 0 Å². The summed E-state index contributed by atoms with van der Waals surface area (Å²) in [6, 6.07) is 15.5. The minimum Gasteiger partial charge on any atom is -0.508 e. The molecule has 0 fully saturated rings. The van der Waals surface area contributed by atoms with Gasteiger partial charge in [0.15, 0.2) is 0 Å². The molecule has 5 heteroatoms. The van der Waals surface area contributed by atoms with E-state index in [2.05, 4.69) is 0 Å². The van der Waals surface area contributed by atoms with Gasteiger partial charge in [-0.25, -0.2) is 0 Å². The Morgan fingerprint density at radius 2 is 1.15 bits per heavy atom. The van der Waals surface area contributed by atoms with Gasteiger partial charge >= 0.3 is 6.18 Å². The first kappa shape index (κ1) is 18.8. The zero-order valence-corrected chi connectivity index (χ0v) is 14.9. The third-order valence-electron chi connectivity index (χ3n) is 4.86. The van der Waals surface area contributed by atoms with Crippen LogP contribution in [0.1, 0.15) is 27.8 Å². The lowest BCUT2D eigenvalue weighted by atomic mass is 9.68. The topological polar surface area (TPSA) is 40.5 Å². The van der Waals surface area contributed by atoms with Gasteiger partial charge in [-0.05, 0) is 53.8 Å². The molecular formula is C22H19F3O2. The number of benzene rings is 3. The van der Waals surface area contributed by atoms with Crippen molar-refractivity contribution in [3.8, 4) is 11.5 Å². The Hall–Kier alpha value is -2.95. The zero-order chi connectivity index (χ0) is 19.8. The van der Waals surface area contributed by atoms with Gasteiger partial charge in [0, 0.05) is 0 Å². The van der Waals surface area contributed by atoms with Crippen molar-refractivity contribution in [2.75, 3.05) is 0 Å². The maximum atomic E-state index is 14.8.